The lowest BCUT2D eigenvalue weighted by atomic mass is 10.0. The Morgan fingerprint density at radius 2 is 1.88 bits per heavy atom. The van der Waals surface area contributed by atoms with Gasteiger partial charge >= 0.3 is 12.0 Å². The second kappa shape index (κ2) is 5.72. The normalized spacial score (nSPS) is 13.1. The first-order valence-corrected chi connectivity index (χ1v) is 5.53. The topological polar surface area (TPSA) is 69.6 Å². The molecule has 0 aliphatic heterocycles. The van der Waals surface area contributed by atoms with Gasteiger partial charge in [0.2, 0.25) is 0 Å². The summed E-state index contributed by atoms with van der Waals surface area (Å²) < 4.78 is 0. The van der Waals surface area contributed by atoms with Crippen molar-refractivity contribution in [2.45, 2.75) is 52.1 Å². The van der Waals surface area contributed by atoms with Crippen LogP contribution in [0.2, 0.25) is 0 Å². The number of carbonyl (C=O) groups is 2. The van der Waals surface area contributed by atoms with Crippen LogP contribution in [0.3, 0.4) is 0 Å². The molecule has 0 aliphatic carbocycles. The van der Waals surface area contributed by atoms with E-state index in [0.29, 0.717) is 6.42 Å². The minimum Gasteiger partial charge on any atom is -0.480 e. The summed E-state index contributed by atoms with van der Waals surface area (Å²) in [7, 11) is 1.67. The van der Waals surface area contributed by atoms with Crippen molar-refractivity contribution in [1.82, 2.24) is 10.2 Å². The number of carboxylic acids is 1. The van der Waals surface area contributed by atoms with E-state index in [9.17, 15) is 9.59 Å². The van der Waals surface area contributed by atoms with Crippen molar-refractivity contribution in [3.05, 3.63) is 0 Å². The van der Waals surface area contributed by atoms with Gasteiger partial charge in [0.1, 0.15) is 6.04 Å². The Morgan fingerprint density at radius 1 is 1.38 bits per heavy atom. The zero-order valence-corrected chi connectivity index (χ0v) is 10.7. The van der Waals surface area contributed by atoms with Gasteiger partial charge in [0.15, 0.2) is 0 Å². The molecule has 0 saturated heterocycles. The molecule has 0 spiro atoms. The highest BCUT2D eigenvalue weighted by atomic mass is 16.4. The van der Waals surface area contributed by atoms with Gasteiger partial charge in [-0.05, 0) is 26.7 Å². The molecule has 0 saturated carbocycles. The highest BCUT2D eigenvalue weighted by Crippen LogP contribution is 2.16. The van der Waals surface area contributed by atoms with Crippen LogP contribution in [-0.2, 0) is 4.79 Å². The van der Waals surface area contributed by atoms with Gasteiger partial charge in [-0.3, -0.25) is 0 Å². The molecule has 0 radical (unpaired) electrons. The van der Waals surface area contributed by atoms with E-state index in [-0.39, 0.29) is 11.6 Å². The molecule has 0 unspecified atom stereocenters. The largest absolute Gasteiger partial charge is 0.480 e. The van der Waals surface area contributed by atoms with E-state index in [1.165, 1.54) is 0 Å². The molecule has 2 N–H and O–H groups in total. The number of nitrogens with zero attached hydrogens (tertiary/aromatic N) is 1. The van der Waals surface area contributed by atoms with E-state index >= 15 is 0 Å². The number of aliphatic carboxylic acids is 1. The lowest BCUT2D eigenvalue weighted by Crippen LogP contribution is -2.53. The Kier molecular flexibility index (Phi) is 5.27. The van der Waals surface area contributed by atoms with Gasteiger partial charge in [0, 0.05) is 12.6 Å². The van der Waals surface area contributed by atoms with Crippen molar-refractivity contribution in [3.63, 3.8) is 0 Å². The van der Waals surface area contributed by atoms with Gasteiger partial charge in [-0.25, -0.2) is 9.59 Å². The van der Waals surface area contributed by atoms with E-state index in [1.807, 2.05) is 20.8 Å². The van der Waals surface area contributed by atoms with E-state index in [2.05, 4.69) is 5.32 Å². The molecule has 1 atom stereocenters. The fraction of sp³-hybridized carbons (Fsp3) is 0.818. The number of hydrogen-bond donors (Lipinski definition) is 2. The summed E-state index contributed by atoms with van der Waals surface area (Å²) in [5.41, 5.74) is -0.277. The van der Waals surface area contributed by atoms with Crippen molar-refractivity contribution in [3.8, 4) is 0 Å². The van der Waals surface area contributed by atoms with Crippen molar-refractivity contribution < 1.29 is 14.7 Å². The molecule has 5 heteroatoms. The highest BCUT2D eigenvalue weighted by molar-refractivity contribution is 5.82. The molecule has 0 aliphatic rings. The van der Waals surface area contributed by atoms with E-state index < -0.39 is 12.0 Å². The second-order valence-corrected chi connectivity index (χ2v) is 4.47. The maximum absolute atomic E-state index is 11.8. The SMILES string of the molecule is CC[C@H](NC(=O)N(C)C(C)(C)CC)C(=O)O. The Balaban J connectivity index is 4.52. The molecule has 0 aromatic heterocycles. The summed E-state index contributed by atoms with van der Waals surface area (Å²) in [6.07, 6.45) is 1.18. The van der Waals surface area contributed by atoms with E-state index in [4.69, 9.17) is 5.11 Å². The molecule has 16 heavy (non-hydrogen) atoms. The molecule has 0 heterocycles. The second-order valence-electron chi connectivity index (χ2n) is 4.47. The van der Waals surface area contributed by atoms with Crippen molar-refractivity contribution in [2.75, 3.05) is 7.05 Å². The number of carboxylic acid groups (broad SMARTS) is 1. The Bertz CT molecular complexity index is 264. The predicted octanol–water partition coefficient (Wildman–Crippen LogP) is 1.68. The third-order valence-electron chi connectivity index (χ3n) is 3.08. The van der Waals surface area contributed by atoms with Crippen LogP contribution in [0.5, 0.6) is 0 Å². The van der Waals surface area contributed by atoms with Crippen LogP contribution in [0.25, 0.3) is 0 Å². The maximum Gasteiger partial charge on any atom is 0.326 e. The lowest BCUT2D eigenvalue weighted by Gasteiger charge is -2.35. The average Bonchev–Trinajstić information content (AvgIpc) is 2.23. The summed E-state index contributed by atoms with van der Waals surface area (Å²) in [5, 5.41) is 11.3. The third-order valence-corrected chi connectivity index (χ3v) is 3.08. The standard InChI is InChI=1S/C11H22N2O3/c1-6-8(9(14)15)12-10(16)13(5)11(3,4)7-2/h8H,6-7H2,1-5H3,(H,12,16)(H,14,15)/t8-/m0/s1. The van der Waals surface area contributed by atoms with Crippen LogP contribution in [0.4, 0.5) is 4.79 Å². The van der Waals surface area contributed by atoms with E-state index in [0.717, 1.165) is 6.42 Å². The van der Waals surface area contributed by atoms with Gasteiger partial charge < -0.3 is 15.3 Å². The summed E-state index contributed by atoms with van der Waals surface area (Å²) in [6.45, 7) is 7.59. The first kappa shape index (κ1) is 14.7. The van der Waals surface area contributed by atoms with Crippen LogP contribution < -0.4 is 5.32 Å². The molecule has 94 valence electrons. The molecule has 2 amide bonds. The van der Waals surface area contributed by atoms with Crippen molar-refractivity contribution in [2.24, 2.45) is 0 Å². The average molecular weight is 230 g/mol. The number of urea groups is 1. The first-order chi connectivity index (χ1) is 7.26. The molecule has 0 rings (SSSR count). The van der Waals surface area contributed by atoms with Gasteiger partial charge in [0.25, 0.3) is 0 Å². The minimum atomic E-state index is -1.00. The smallest absolute Gasteiger partial charge is 0.326 e. The molecule has 5 nitrogen and oxygen atoms in total. The van der Waals surface area contributed by atoms with Crippen LogP contribution in [0, 0.1) is 0 Å². The zero-order chi connectivity index (χ0) is 12.9. The van der Waals surface area contributed by atoms with Crippen LogP contribution in [-0.4, -0.2) is 40.6 Å². The Labute approximate surface area is 96.8 Å². The van der Waals surface area contributed by atoms with Gasteiger partial charge in [-0.15, -0.1) is 0 Å². The quantitative estimate of drug-likeness (QED) is 0.755. The van der Waals surface area contributed by atoms with E-state index in [1.54, 1.807) is 18.9 Å². The molecule has 0 aromatic carbocycles. The molecular formula is C11H22N2O3. The zero-order valence-electron chi connectivity index (χ0n) is 10.7. The number of carbonyl (C=O) groups excluding carboxylic acids is 1. The molecule has 0 aromatic rings. The minimum absolute atomic E-state index is 0.277. The Morgan fingerprint density at radius 3 is 2.19 bits per heavy atom. The summed E-state index contributed by atoms with van der Waals surface area (Å²) in [6, 6.07) is -1.16. The fourth-order valence-corrected chi connectivity index (χ4v) is 1.10. The molecule has 0 fully saturated rings. The summed E-state index contributed by atoms with van der Waals surface area (Å²) in [4.78, 5) is 24.1. The first-order valence-electron chi connectivity index (χ1n) is 5.53. The lowest BCUT2D eigenvalue weighted by molar-refractivity contribution is -0.139. The molecular weight excluding hydrogens is 208 g/mol. The van der Waals surface area contributed by atoms with Crippen molar-refractivity contribution >= 4 is 12.0 Å². The van der Waals surface area contributed by atoms with Gasteiger partial charge in [-0.1, -0.05) is 13.8 Å². The van der Waals surface area contributed by atoms with Crippen LogP contribution in [0.15, 0.2) is 0 Å². The van der Waals surface area contributed by atoms with Crippen LogP contribution >= 0.6 is 0 Å². The number of rotatable bonds is 5. The number of nitrogens with one attached hydrogen (secondary N) is 1. The number of hydrogen-bond acceptors (Lipinski definition) is 2. The van der Waals surface area contributed by atoms with Gasteiger partial charge in [-0.2, -0.15) is 0 Å². The number of amides is 2. The fourth-order valence-electron chi connectivity index (χ4n) is 1.10. The van der Waals surface area contributed by atoms with Crippen LogP contribution in [0.1, 0.15) is 40.5 Å². The molecule has 0 bridgehead atoms. The maximum atomic E-state index is 11.8. The van der Waals surface area contributed by atoms with Crippen molar-refractivity contribution in [1.29, 1.82) is 0 Å². The van der Waals surface area contributed by atoms with Gasteiger partial charge in [0.05, 0.1) is 0 Å². The highest BCUT2D eigenvalue weighted by Gasteiger charge is 2.28. The monoisotopic (exact) mass is 230 g/mol. The summed E-state index contributed by atoms with van der Waals surface area (Å²) in [5.74, 6) is -1.00. The third kappa shape index (κ3) is 3.72. The summed E-state index contributed by atoms with van der Waals surface area (Å²) >= 11 is 0. The predicted molar refractivity (Wildman–Crippen MR) is 62.4 cm³/mol. The Hall–Kier alpha value is -1.26.